The summed E-state index contributed by atoms with van der Waals surface area (Å²) in [7, 11) is 0. The lowest BCUT2D eigenvalue weighted by atomic mass is 10.2. The van der Waals surface area contributed by atoms with Gasteiger partial charge in [0.1, 0.15) is 6.61 Å². The van der Waals surface area contributed by atoms with Gasteiger partial charge in [-0.25, -0.2) is 4.98 Å². The molecule has 104 valence electrons. The number of hydrogen-bond acceptors (Lipinski definition) is 4. The van der Waals surface area contributed by atoms with Crippen LogP contribution >= 0.6 is 15.9 Å². The van der Waals surface area contributed by atoms with Crippen molar-refractivity contribution in [2.45, 2.75) is 13.5 Å². The van der Waals surface area contributed by atoms with Crippen molar-refractivity contribution in [3.05, 3.63) is 57.7 Å². The predicted molar refractivity (Wildman–Crippen MR) is 80.0 cm³/mol. The van der Waals surface area contributed by atoms with E-state index in [9.17, 15) is 0 Å². The summed E-state index contributed by atoms with van der Waals surface area (Å²) in [6, 6.07) is 11.2. The fourth-order valence-corrected chi connectivity index (χ4v) is 1.92. The van der Waals surface area contributed by atoms with E-state index < -0.39 is 0 Å². The van der Waals surface area contributed by atoms with Gasteiger partial charge < -0.3 is 15.7 Å². The van der Waals surface area contributed by atoms with E-state index in [4.69, 9.17) is 15.7 Å². The average Bonchev–Trinajstić information content (AvgIpc) is 2.45. The monoisotopic (exact) mass is 335 g/mol. The first-order valence-corrected chi connectivity index (χ1v) is 6.71. The zero-order chi connectivity index (χ0) is 14.5. The molecule has 0 aliphatic rings. The predicted octanol–water partition coefficient (Wildman–Crippen LogP) is 2.83. The molecule has 1 aromatic heterocycles. The molecule has 0 atom stereocenters. The van der Waals surface area contributed by atoms with Gasteiger partial charge in [-0.15, -0.1) is 0 Å². The summed E-state index contributed by atoms with van der Waals surface area (Å²) < 4.78 is 6.65. The minimum absolute atomic E-state index is 0.0315. The number of aryl methyl sites for hydroxylation is 1. The molecule has 3 N–H and O–H groups in total. The Morgan fingerprint density at radius 3 is 2.70 bits per heavy atom. The van der Waals surface area contributed by atoms with Crippen LogP contribution in [0.25, 0.3) is 0 Å². The fraction of sp³-hybridized carbons (Fsp3) is 0.143. The Labute approximate surface area is 125 Å². The molecule has 0 saturated carbocycles. The minimum Gasteiger partial charge on any atom is -0.473 e. The third kappa shape index (κ3) is 3.71. The maximum atomic E-state index is 8.70. The maximum Gasteiger partial charge on any atom is 0.214 e. The number of aromatic nitrogens is 1. The van der Waals surface area contributed by atoms with Crippen molar-refractivity contribution in [1.82, 2.24) is 4.98 Å². The third-order valence-electron chi connectivity index (χ3n) is 2.63. The zero-order valence-corrected chi connectivity index (χ0v) is 12.5. The lowest BCUT2D eigenvalue weighted by Crippen LogP contribution is -2.14. The van der Waals surface area contributed by atoms with Crippen molar-refractivity contribution < 1.29 is 9.94 Å². The molecule has 0 spiro atoms. The quantitative estimate of drug-likeness (QED) is 0.389. The van der Waals surface area contributed by atoms with E-state index in [1.807, 2.05) is 31.2 Å². The Kier molecular flexibility index (Phi) is 4.57. The molecule has 20 heavy (non-hydrogen) atoms. The molecule has 0 saturated heterocycles. The van der Waals surface area contributed by atoms with Crippen LogP contribution in [0.5, 0.6) is 5.88 Å². The van der Waals surface area contributed by atoms with Crippen LogP contribution in [-0.2, 0) is 6.61 Å². The Morgan fingerprint density at radius 1 is 1.35 bits per heavy atom. The van der Waals surface area contributed by atoms with Gasteiger partial charge in [0.25, 0.3) is 0 Å². The number of benzene rings is 1. The van der Waals surface area contributed by atoms with Crippen LogP contribution in [0.15, 0.2) is 46.0 Å². The molecule has 2 aromatic rings. The number of oxime groups is 1. The average molecular weight is 336 g/mol. The highest BCUT2D eigenvalue weighted by molar-refractivity contribution is 9.10. The summed E-state index contributed by atoms with van der Waals surface area (Å²) >= 11 is 3.38. The maximum absolute atomic E-state index is 8.70. The van der Waals surface area contributed by atoms with Crippen molar-refractivity contribution in [2.75, 3.05) is 0 Å². The second kappa shape index (κ2) is 6.38. The highest BCUT2D eigenvalue weighted by atomic mass is 79.9. The molecule has 1 heterocycles. The molecule has 0 aliphatic heterocycles. The van der Waals surface area contributed by atoms with Gasteiger partial charge in [-0.1, -0.05) is 33.2 Å². The van der Waals surface area contributed by atoms with E-state index in [2.05, 4.69) is 26.1 Å². The first-order chi connectivity index (χ1) is 9.58. The lowest BCUT2D eigenvalue weighted by Gasteiger charge is -2.08. The van der Waals surface area contributed by atoms with Crippen molar-refractivity contribution in [2.24, 2.45) is 10.9 Å². The molecule has 1 aromatic carbocycles. The van der Waals surface area contributed by atoms with Crippen LogP contribution in [0, 0.1) is 6.92 Å². The smallest absolute Gasteiger partial charge is 0.214 e. The van der Waals surface area contributed by atoms with E-state index in [0.717, 1.165) is 15.7 Å². The molecule has 0 unspecified atom stereocenters. The topological polar surface area (TPSA) is 80.7 Å². The summed E-state index contributed by atoms with van der Waals surface area (Å²) in [5, 5.41) is 11.7. The SMILES string of the molecule is Cc1cc(/C(N)=N/O)cc(OCc2ccc(Br)cc2)n1. The Balaban J connectivity index is 2.13. The van der Waals surface area contributed by atoms with Crippen molar-refractivity contribution in [3.8, 4) is 5.88 Å². The van der Waals surface area contributed by atoms with Crippen LogP contribution in [0.2, 0.25) is 0 Å². The van der Waals surface area contributed by atoms with E-state index in [1.54, 1.807) is 12.1 Å². The lowest BCUT2D eigenvalue weighted by molar-refractivity contribution is 0.293. The molecule has 0 fully saturated rings. The van der Waals surface area contributed by atoms with Gasteiger partial charge in [0, 0.05) is 21.8 Å². The van der Waals surface area contributed by atoms with Gasteiger partial charge in [0.2, 0.25) is 5.88 Å². The van der Waals surface area contributed by atoms with Gasteiger partial charge in [-0.3, -0.25) is 0 Å². The Morgan fingerprint density at radius 2 is 2.05 bits per heavy atom. The number of rotatable bonds is 4. The largest absolute Gasteiger partial charge is 0.473 e. The molecular weight excluding hydrogens is 322 g/mol. The number of nitrogens with zero attached hydrogens (tertiary/aromatic N) is 2. The molecule has 0 aliphatic carbocycles. The van der Waals surface area contributed by atoms with Crippen molar-refractivity contribution in [1.29, 1.82) is 0 Å². The van der Waals surface area contributed by atoms with Crippen molar-refractivity contribution >= 4 is 21.8 Å². The number of halogens is 1. The van der Waals surface area contributed by atoms with E-state index in [1.165, 1.54) is 0 Å². The van der Waals surface area contributed by atoms with Gasteiger partial charge in [-0.05, 0) is 30.7 Å². The summed E-state index contributed by atoms with van der Waals surface area (Å²) in [6.45, 7) is 2.22. The molecule has 5 nitrogen and oxygen atoms in total. The molecule has 0 amide bonds. The number of pyridine rings is 1. The fourth-order valence-electron chi connectivity index (χ4n) is 1.66. The van der Waals surface area contributed by atoms with Crippen LogP contribution in [-0.4, -0.2) is 16.0 Å². The highest BCUT2D eigenvalue weighted by Gasteiger charge is 2.05. The first-order valence-electron chi connectivity index (χ1n) is 5.92. The van der Waals surface area contributed by atoms with E-state index in [-0.39, 0.29) is 5.84 Å². The second-order valence-corrected chi connectivity index (χ2v) is 5.15. The summed E-state index contributed by atoms with van der Waals surface area (Å²) in [6.07, 6.45) is 0. The number of nitrogens with two attached hydrogens (primary N) is 1. The summed E-state index contributed by atoms with van der Waals surface area (Å²) in [5.74, 6) is 0.471. The zero-order valence-electron chi connectivity index (χ0n) is 10.9. The normalized spacial score (nSPS) is 11.4. The number of amidine groups is 1. The Bertz CT molecular complexity index is 627. The summed E-state index contributed by atoms with van der Waals surface area (Å²) in [4.78, 5) is 4.26. The van der Waals surface area contributed by atoms with Crippen LogP contribution in [0.4, 0.5) is 0 Å². The van der Waals surface area contributed by atoms with Gasteiger partial charge in [0.05, 0.1) is 0 Å². The Hall–Kier alpha value is -2.08. The third-order valence-corrected chi connectivity index (χ3v) is 3.16. The van der Waals surface area contributed by atoms with Crippen LogP contribution in [0.3, 0.4) is 0 Å². The first kappa shape index (κ1) is 14.3. The molecule has 0 bridgehead atoms. The van der Waals surface area contributed by atoms with Gasteiger partial charge >= 0.3 is 0 Å². The minimum atomic E-state index is 0.0315. The van der Waals surface area contributed by atoms with Crippen LogP contribution < -0.4 is 10.5 Å². The number of ether oxygens (including phenoxy) is 1. The molecule has 2 rings (SSSR count). The molecule has 0 radical (unpaired) electrons. The van der Waals surface area contributed by atoms with Crippen LogP contribution in [0.1, 0.15) is 16.8 Å². The van der Waals surface area contributed by atoms with Crippen molar-refractivity contribution in [3.63, 3.8) is 0 Å². The number of hydrogen-bond donors (Lipinski definition) is 2. The summed E-state index contributed by atoms with van der Waals surface area (Å²) in [5.41, 5.74) is 7.91. The highest BCUT2D eigenvalue weighted by Crippen LogP contribution is 2.15. The molecule has 6 heteroatoms. The van der Waals surface area contributed by atoms with Gasteiger partial charge in [0.15, 0.2) is 5.84 Å². The van der Waals surface area contributed by atoms with Gasteiger partial charge in [-0.2, -0.15) is 0 Å². The van der Waals surface area contributed by atoms with E-state index >= 15 is 0 Å². The van der Waals surface area contributed by atoms with E-state index in [0.29, 0.717) is 18.1 Å². The molecular formula is C14H14BrN3O2. The standard InChI is InChI=1S/C14H14BrN3O2/c1-9-6-11(14(16)18-19)7-13(17-9)20-8-10-2-4-12(15)5-3-10/h2-7,19H,8H2,1H3,(H2,16,18). The second-order valence-electron chi connectivity index (χ2n) is 4.24.